The van der Waals surface area contributed by atoms with Crippen molar-refractivity contribution in [1.29, 1.82) is 0 Å². The Morgan fingerprint density at radius 3 is 2.32 bits per heavy atom. The minimum Gasteiger partial charge on any atom is -0.364 e. The topological polar surface area (TPSA) is 110 Å². The number of hydrogen-bond acceptors (Lipinski definition) is 4. The fraction of sp³-hybridized carbons (Fsp3) is 0.143. The number of nitrogens with two attached hydrogens (primary N) is 1. The first-order chi connectivity index (χ1) is 14.8. The number of carbonyl (C=O) groups is 3. The molecule has 2 heterocycles. The van der Waals surface area contributed by atoms with Gasteiger partial charge in [0.05, 0.1) is 5.69 Å². The van der Waals surface area contributed by atoms with Crippen molar-refractivity contribution in [2.45, 2.75) is 6.42 Å². The van der Waals surface area contributed by atoms with E-state index in [-0.39, 0.29) is 24.3 Å². The molecular weight excluding hydrogens is 408 g/mol. The summed E-state index contributed by atoms with van der Waals surface area (Å²) in [5, 5.41) is 6.72. The number of carbonyl (C=O) groups excluding carboxylic acids is 3. The van der Waals surface area contributed by atoms with E-state index >= 15 is 0 Å². The molecule has 1 aliphatic heterocycles. The van der Waals surface area contributed by atoms with Crippen molar-refractivity contribution in [3.05, 3.63) is 72.1 Å². The summed E-state index contributed by atoms with van der Waals surface area (Å²) < 4.78 is 28.4. The monoisotopic (exact) mass is 425 g/mol. The molecule has 0 spiro atoms. The smallest absolute Gasteiger partial charge is 0.269 e. The van der Waals surface area contributed by atoms with Gasteiger partial charge in [0.25, 0.3) is 5.91 Å². The Kier molecular flexibility index (Phi) is 5.20. The SMILES string of the molecule is NC(=O)c1ccn(-c2ccc(NC(=O)C3CCN(c4cc(F)cc(F)c4)C3=O)cc2)n1. The molecule has 0 radical (unpaired) electrons. The van der Waals surface area contributed by atoms with Crippen LogP contribution in [0.2, 0.25) is 0 Å². The lowest BCUT2D eigenvalue weighted by molar-refractivity contribution is -0.129. The maximum Gasteiger partial charge on any atom is 0.269 e. The Labute approximate surface area is 175 Å². The van der Waals surface area contributed by atoms with Crippen LogP contribution in [0.15, 0.2) is 54.7 Å². The lowest BCUT2D eigenvalue weighted by atomic mass is 10.1. The third kappa shape index (κ3) is 4.13. The van der Waals surface area contributed by atoms with Gasteiger partial charge in [-0.25, -0.2) is 13.5 Å². The van der Waals surface area contributed by atoms with Crippen LogP contribution in [0.4, 0.5) is 20.2 Å². The number of hydrogen-bond donors (Lipinski definition) is 2. The number of benzene rings is 2. The molecule has 3 aromatic rings. The summed E-state index contributed by atoms with van der Waals surface area (Å²) in [6, 6.07) is 10.9. The highest BCUT2D eigenvalue weighted by Crippen LogP contribution is 2.27. The van der Waals surface area contributed by atoms with Gasteiger partial charge in [0.1, 0.15) is 23.2 Å². The van der Waals surface area contributed by atoms with Crippen molar-refractivity contribution in [3.63, 3.8) is 0 Å². The second kappa shape index (κ2) is 7.98. The van der Waals surface area contributed by atoms with Crippen LogP contribution < -0.4 is 16.0 Å². The van der Waals surface area contributed by atoms with Crippen LogP contribution in [0.25, 0.3) is 5.69 Å². The number of nitrogens with one attached hydrogen (secondary N) is 1. The molecular formula is C21H17F2N5O3. The first-order valence-electron chi connectivity index (χ1n) is 9.36. The van der Waals surface area contributed by atoms with Gasteiger partial charge in [0.2, 0.25) is 11.8 Å². The molecule has 10 heteroatoms. The van der Waals surface area contributed by atoms with E-state index in [9.17, 15) is 23.2 Å². The zero-order valence-corrected chi connectivity index (χ0v) is 16.1. The normalized spacial score (nSPS) is 15.9. The van der Waals surface area contributed by atoms with Gasteiger partial charge in [-0.3, -0.25) is 14.4 Å². The number of halogens is 2. The molecule has 4 rings (SSSR count). The maximum atomic E-state index is 13.5. The van der Waals surface area contributed by atoms with E-state index in [4.69, 9.17) is 5.73 Å². The number of nitrogens with zero attached hydrogens (tertiary/aromatic N) is 3. The van der Waals surface area contributed by atoms with E-state index in [0.717, 1.165) is 18.2 Å². The molecule has 1 saturated heterocycles. The first kappa shape index (κ1) is 20.2. The standard InChI is InChI=1S/C21H17F2N5O3/c22-12-9-13(23)11-16(10-12)27-7-5-17(21(27)31)20(30)25-14-1-3-15(4-2-14)28-8-6-18(26-28)19(24)29/h1-4,6,8-11,17H,5,7H2,(H2,24,29)(H,25,30). The van der Waals surface area contributed by atoms with Crippen LogP contribution in [0.1, 0.15) is 16.9 Å². The Morgan fingerprint density at radius 2 is 1.71 bits per heavy atom. The van der Waals surface area contributed by atoms with Crippen molar-refractivity contribution in [1.82, 2.24) is 9.78 Å². The molecule has 0 saturated carbocycles. The molecule has 158 valence electrons. The predicted molar refractivity (Wildman–Crippen MR) is 108 cm³/mol. The number of aromatic nitrogens is 2. The molecule has 0 aliphatic carbocycles. The van der Waals surface area contributed by atoms with Crippen LogP contribution in [0.3, 0.4) is 0 Å². The van der Waals surface area contributed by atoms with E-state index in [0.29, 0.717) is 11.4 Å². The van der Waals surface area contributed by atoms with Gasteiger partial charge in [-0.2, -0.15) is 5.10 Å². The summed E-state index contributed by atoms with van der Waals surface area (Å²) in [5.41, 5.74) is 6.49. The second-order valence-corrected chi connectivity index (χ2v) is 7.00. The van der Waals surface area contributed by atoms with Crippen LogP contribution in [0, 0.1) is 17.6 Å². The minimum absolute atomic E-state index is 0.0803. The Morgan fingerprint density at radius 1 is 1.03 bits per heavy atom. The van der Waals surface area contributed by atoms with Gasteiger partial charge in [0.15, 0.2) is 0 Å². The minimum atomic E-state index is -0.963. The largest absolute Gasteiger partial charge is 0.364 e. The highest BCUT2D eigenvalue weighted by Gasteiger charge is 2.38. The highest BCUT2D eigenvalue weighted by atomic mass is 19.1. The summed E-state index contributed by atoms with van der Waals surface area (Å²) in [4.78, 5) is 37.6. The molecule has 1 aromatic heterocycles. The first-order valence-corrected chi connectivity index (χ1v) is 9.36. The van der Waals surface area contributed by atoms with Crippen LogP contribution in [-0.4, -0.2) is 34.0 Å². The average Bonchev–Trinajstić information content (AvgIpc) is 3.35. The zero-order valence-electron chi connectivity index (χ0n) is 16.1. The average molecular weight is 425 g/mol. The molecule has 1 aliphatic rings. The quantitative estimate of drug-likeness (QED) is 0.611. The molecule has 1 fully saturated rings. The number of anilines is 2. The van der Waals surface area contributed by atoms with Crippen LogP contribution >= 0.6 is 0 Å². The second-order valence-electron chi connectivity index (χ2n) is 7.00. The molecule has 2 aromatic carbocycles. The Hall–Kier alpha value is -4.08. The lowest BCUT2D eigenvalue weighted by Gasteiger charge is -2.17. The number of primary amides is 1. The summed E-state index contributed by atoms with van der Waals surface area (Å²) >= 11 is 0. The maximum absolute atomic E-state index is 13.5. The van der Waals surface area contributed by atoms with E-state index in [1.54, 1.807) is 30.5 Å². The van der Waals surface area contributed by atoms with Gasteiger partial charge in [-0.05, 0) is 48.9 Å². The summed E-state index contributed by atoms with van der Waals surface area (Å²) in [7, 11) is 0. The molecule has 1 atom stereocenters. The van der Waals surface area contributed by atoms with Gasteiger partial charge in [0, 0.05) is 30.2 Å². The van der Waals surface area contributed by atoms with E-state index in [1.165, 1.54) is 15.6 Å². The molecule has 0 bridgehead atoms. The highest BCUT2D eigenvalue weighted by molar-refractivity contribution is 6.13. The summed E-state index contributed by atoms with van der Waals surface area (Å²) in [6.45, 7) is 0.181. The van der Waals surface area contributed by atoms with E-state index in [1.807, 2.05) is 0 Å². The third-order valence-electron chi connectivity index (χ3n) is 4.92. The van der Waals surface area contributed by atoms with Crippen molar-refractivity contribution < 1.29 is 23.2 Å². The van der Waals surface area contributed by atoms with Crippen molar-refractivity contribution >= 4 is 29.1 Å². The molecule has 3 N–H and O–H groups in total. The summed E-state index contributed by atoms with van der Waals surface area (Å²) in [6.07, 6.45) is 1.80. The van der Waals surface area contributed by atoms with Crippen molar-refractivity contribution in [3.8, 4) is 5.69 Å². The van der Waals surface area contributed by atoms with Gasteiger partial charge < -0.3 is 16.0 Å². The number of amides is 3. The fourth-order valence-electron chi connectivity index (χ4n) is 3.40. The Balaban J connectivity index is 1.43. The molecule has 3 amide bonds. The zero-order chi connectivity index (χ0) is 22.1. The lowest BCUT2D eigenvalue weighted by Crippen LogP contribution is -2.33. The van der Waals surface area contributed by atoms with Gasteiger partial charge in [-0.15, -0.1) is 0 Å². The van der Waals surface area contributed by atoms with Crippen LogP contribution in [-0.2, 0) is 9.59 Å². The Bertz CT molecular complexity index is 1160. The number of rotatable bonds is 5. The van der Waals surface area contributed by atoms with Crippen LogP contribution in [0.5, 0.6) is 0 Å². The predicted octanol–water partition coefficient (Wildman–Crippen LogP) is 2.24. The third-order valence-corrected chi connectivity index (χ3v) is 4.92. The molecule has 8 nitrogen and oxygen atoms in total. The van der Waals surface area contributed by atoms with Gasteiger partial charge in [-0.1, -0.05) is 0 Å². The van der Waals surface area contributed by atoms with Gasteiger partial charge >= 0.3 is 0 Å². The van der Waals surface area contributed by atoms with Crippen molar-refractivity contribution in [2.24, 2.45) is 11.7 Å². The van der Waals surface area contributed by atoms with E-state index < -0.39 is 35.3 Å². The summed E-state index contributed by atoms with van der Waals surface area (Å²) in [5.74, 6) is -4.22. The van der Waals surface area contributed by atoms with Crippen molar-refractivity contribution in [2.75, 3.05) is 16.8 Å². The molecule has 1 unspecified atom stereocenters. The molecule has 31 heavy (non-hydrogen) atoms. The van der Waals surface area contributed by atoms with E-state index in [2.05, 4.69) is 10.4 Å². The fourth-order valence-corrected chi connectivity index (χ4v) is 3.40.